The fourth-order valence-corrected chi connectivity index (χ4v) is 8.75. The average Bonchev–Trinajstić information content (AvgIpc) is 3.66. The van der Waals surface area contributed by atoms with E-state index in [-0.39, 0.29) is 54.8 Å². The minimum absolute atomic E-state index is 0.0523. The van der Waals surface area contributed by atoms with Crippen LogP contribution in [0.2, 0.25) is 0 Å². The third-order valence-corrected chi connectivity index (χ3v) is 10.7. The zero-order valence-electron chi connectivity index (χ0n) is 29.3. The Morgan fingerprint density at radius 3 is 2.45 bits per heavy atom. The molecule has 12 heteroatoms. The molecule has 1 aromatic rings. The van der Waals surface area contributed by atoms with E-state index in [2.05, 4.69) is 34.4 Å². The number of alkyl halides is 1. The van der Waals surface area contributed by atoms with Crippen LogP contribution in [0.4, 0.5) is 0 Å². The van der Waals surface area contributed by atoms with E-state index >= 15 is 0 Å². The number of hydrogen-bond donors (Lipinski definition) is 2. The van der Waals surface area contributed by atoms with Crippen molar-refractivity contribution in [2.75, 3.05) is 26.9 Å². The molecule has 3 aliphatic heterocycles. The minimum atomic E-state index is -1.33. The largest absolute Gasteiger partial charge is 0.455 e. The number of hydrogen-bond acceptors (Lipinski definition) is 8. The maximum absolute atomic E-state index is 14.7. The molecule has 0 saturated carbocycles. The van der Waals surface area contributed by atoms with Gasteiger partial charge in [-0.1, -0.05) is 72.3 Å². The Balaban J connectivity index is 1.77. The summed E-state index contributed by atoms with van der Waals surface area (Å²) in [6, 6.07) is 6.38. The molecule has 49 heavy (non-hydrogen) atoms. The van der Waals surface area contributed by atoms with Crippen LogP contribution in [-0.2, 0) is 33.4 Å². The van der Waals surface area contributed by atoms with Crippen LogP contribution >= 0.6 is 15.9 Å². The maximum Gasteiger partial charge on any atom is 0.313 e. The summed E-state index contributed by atoms with van der Waals surface area (Å²) in [6.07, 6.45) is 3.05. The average molecular weight is 747 g/mol. The number of benzene rings is 1. The van der Waals surface area contributed by atoms with Crippen LogP contribution in [0, 0.1) is 17.8 Å². The normalized spacial score (nSPS) is 27.5. The second kappa shape index (κ2) is 16.8. The Morgan fingerprint density at radius 2 is 1.88 bits per heavy atom. The number of amides is 3. The van der Waals surface area contributed by atoms with Crippen LogP contribution in [0.3, 0.4) is 0 Å². The van der Waals surface area contributed by atoms with Crippen molar-refractivity contribution in [2.24, 2.45) is 17.8 Å². The van der Waals surface area contributed by atoms with Gasteiger partial charge in [-0.3, -0.25) is 19.2 Å². The zero-order chi connectivity index (χ0) is 36.0. The molecule has 3 saturated heterocycles. The van der Waals surface area contributed by atoms with Crippen molar-refractivity contribution in [3.63, 3.8) is 0 Å². The van der Waals surface area contributed by atoms with Gasteiger partial charge in [-0.15, -0.1) is 13.2 Å². The number of ether oxygens (including phenoxy) is 3. The monoisotopic (exact) mass is 745 g/mol. The molecule has 1 aromatic carbocycles. The van der Waals surface area contributed by atoms with Crippen LogP contribution < -0.4 is 5.32 Å². The van der Waals surface area contributed by atoms with Gasteiger partial charge in [0.15, 0.2) is 0 Å². The number of esters is 1. The van der Waals surface area contributed by atoms with Crippen molar-refractivity contribution in [1.82, 2.24) is 15.1 Å². The lowest BCUT2D eigenvalue weighted by molar-refractivity contribution is -0.163. The number of methoxy groups -OCH3 is 1. The lowest BCUT2D eigenvalue weighted by Crippen LogP contribution is -2.60. The first kappa shape index (κ1) is 38.7. The lowest BCUT2D eigenvalue weighted by atomic mass is 9.70. The number of likely N-dealkylation sites (tertiary alicyclic amines) is 1. The fourth-order valence-electron chi connectivity index (χ4n) is 7.81. The predicted molar refractivity (Wildman–Crippen MR) is 188 cm³/mol. The summed E-state index contributed by atoms with van der Waals surface area (Å²) in [4.78, 5) is 59.5. The van der Waals surface area contributed by atoms with Gasteiger partial charge < -0.3 is 34.4 Å². The van der Waals surface area contributed by atoms with E-state index in [1.165, 1.54) is 12.0 Å². The summed E-state index contributed by atoms with van der Waals surface area (Å²) in [6.45, 7) is 15.3. The second-order valence-electron chi connectivity index (χ2n) is 14.0. The number of carbonyl (C=O) groups is 4. The number of allylic oxidation sites excluding steroid dienone is 1. The molecule has 3 fully saturated rings. The maximum atomic E-state index is 14.7. The second-order valence-corrected chi connectivity index (χ2v) is 15.1. The van der Waals surface area contributed by atoms with Crippen molar-refractivity contribution < 1.29 is 38.5 Å². The highest BCUT2D eigenvalue weighted by atomic mass is 79.9. The molecular weight excluding hydrogens is 694 g/mol. The van der Waals surface area contributed by atoms with E-state index < -0.39 is 59.6 Å². The van der Waals surface area contributed by atoms with Crippen molar-refractivity contribution in [3.05, 3.63) is 61.2 Å². The highest BCUT2D eigenvalue weighted by Crippen LogP contribution is 2.61. The number of nitrogens with one attached hydrogen (secondary N) is 1. The topological polar surface area (TPSA) is 135 Å². The van der Waals surface area contributed by atoms with Gasteiger partial charge in [0.05, 0.1) is 43.2 Å². The molecule has 0 radical (unpaired) electrons. The van der Waals surface area contributed by atoms with E-state index in [0.717, 1.165) is 0 Å². The SMILES string of the molecule is C=CCCC(=O)N[C@H](COC)[C@H](OC(=O)[C@@H]1[C@H]2O[C@@]3(CC2Br)[C@H](C(=O)N(CC=C)C(C)C)N([C@@H](CO)CC(C)C)C(=O)[C@@H]13)c1ccccc1. The van der Waals surface area contributed by atoms with Gasteiger partial charge in [-0.05, 0) is 44.6 Å². The van der Waals surface area contributed by atoms with Gasteiger partial charge in [0.2, 0.25) is 17.7 Å². The van der Waals surface area contributed by atoms with Crippen LogP contribution in [0.1, 0.15) is 65.0 Å². The van der Waals surface area contributed by atoms with Crippen LogP contribution in [0.25, 0.3) is 0 Å². The molecule has 1 spiro atoms. The first-order valence-electron chi connectivity index (χ1n) is 17.2. The van der Waals surface area contributed by atoms with E-state index in [0.29, 0.717) is 24.8 Å². The molecule has 3 amide bonds. The predicted octanol–water partition coefficient (Wildman–Crippen LogP) is 3.95. The summed E-state index contributed by atoms with van der Waals surface area (Å²) in [7, 11) is 1.50. The molecule has 9 atom stereocenters. The number of aliphatic hydroxyl groups excluding tert-OH is 1. The van der Waals surface area contributed by atoms with E-state index in [4.69, 9.17) is 14.2 Å². The smallest absolute Gasteiger partial charge is 0.313 e. The Bertz CT molecular complexity index is 1360. The zero-order valence-corrected chi connectivity index (χ0v) is 30.8. The number of nitrogens with zero attached hydrogens (tertiary/aromatic N) is 2. The quantitative estimate of drug-likeness (QED) is 0.131. The van der Waals surface area contributed by atoms with Gasteiger partial charge >= 0.3 is 5.97 Å². The Hall–Kier alpha value is -3.06. The standard InChI is InChI=1S/C37H52BrN3O8/c1-8-10-16-28(43)39-27(21-47-7)31(24-14-12-11-13-15-24)48-36(46)29-30-34(44)41(25(20-42)18-22(3)4)33(35(45)40(17-9-2)23(5)6)37(30)19-26(38)32(29)49-37/h8-9,11-15,22-23,25-27,29-33,42H,1-2,10,16-21H2,3-7H3,(H,39,43)/t25-,26?,27-,29+,30-,31-,32+,33+,37-/m1/s1. The molecule has 2 bridgehead atoms. The summed E-state index contributed by atoms with van der Waals surface area (Å²) < 4.78 is 18.5. The summed E-state index contributed by atoms with van der Waals surface area (Å²) in [5.41, 5.74) is -0.694. The molecule has 1 unspecified atom stereocenters. The minimum Gasteiger partial charge on any atom is -0.455 e. The molecule has 270 valence electrons. The third-order valence-electron chi connectivity index (χ3n) is 9.82. The van der Waals surface area contributed by atoms with Gasteiger partial charge in [0, 0.05) is 30.9 Å². The molecule has 0 aromatic heterocycles. The number of fused-ring (bicyclic) bond motifs is 1. The summed E-state index contributed by atoms with van der Waals surface area (Å²) in [5, 5.41) is 13.6. The van der Waals surface area contributed by atoms with E-state index in [9.17, 15) is 24.3 Å². The Kier molecular flexibility index (Phi) is 13.3. The summed E-state index contributed by atoms with van der Waals surface area (Å²) >= 11 is 3.73. The first-order valence-corrected chi connectivity index (χ1v) is 18.1. The lowest BCUT2D eigenvalue weighted by Gasteiger charge is -2.40. The van der Waals surface area contributed by atoms with Gasteiger partial charge in [0.25, 0.3) is 0 Å². The third kappa shape index (κ3) is 7.82. The van der Waals surface area contributed by atoms with Crippen LogP contribution in [-0.4, -0.2) is 106 Å². The Labute approximate surface area is 298 Å². The first-order chi connectivity index (χ1) is 23.4. The summed E-state index contributed by atoms with van der Waals surface area (Å²) in [5.74, 6) is -3.61. The van der Waals surface area contributed by atoms with Crippen LogP contribution in [0.15, 0.2) is 55.6 Å². The van der Waals surface area contributed by atoms with E-state index in [1.54, 1.807) is 29.2 Å². The molecular formula is C37H52BrN3O8. The number of carbonyl (C=O) groups excluding carboxylic acids is 4. The molecule has 11 nitrogen and oxygen atoms in total. The molecule has 3 heterocycles. The number of halogens is 1. The van der Waals surface area contributed by atoms with Crippen LogP contribution in [0.5, 0.6) is 0 Å². The van der Waals surface area contributed by atoms with Crippen molar-refractivity contribution in [3.8, 4) is 0 Å². The van der Waals surface area contributed by atoms with Crippen molar-refractivity contribution >= 4 is 39.6 Å². The highest BCUT2D eigenvalue weighted by Gasteiger charge is 2.77. The molecule has 4 rings (SSSR count). The van der Waals surface area contributed by atoms with Gasteiger partial charge in [0.1, 0.15) is 17.7 Å². The highest BCUT2D eigenvalue weighted by molar-refractivity contribution is 9.09. The molecule has 3 aliphatic rings. The van der Waals surface area contributed by atoms with Crippen molar-refractivity contribution in [1.29, 1.82) is 0 Å². The number of aliphatic hydroxyl groups is 1. The fraction of sp³-hybridized carbons (Fsp3) is 0.622. The van der Waals surface area contributed by atoms with Gasteiger partial charge in [-0.25, -0.2) is 0 Å². The Morgan fingerprint density at radius 1 is 1.18 bits per heavy atom. The van der Waals surface area contributed by atoms with Crippen molar-refractivity contribution in [2.45, 2.75) is 100 Å². The van der Waals surface area contributed by atoms with Gasteiger partial charge in [-0.2, -0.15) is 0 Å². The molecule has 0 aliphatic carbocycles. The van der Waals surface area contributed by atoms with E-state index in [1.807, 2.05) is 45.9 Å². The number of rotatable bonds is 18. The molecule has 2 N–H and O–H groups in total.